The predicted octanol–water partition coefficient (Wildman–Crippen LogP) is 2.70. The maximum absolute atomic E-state index is 10.6. The minimum atomic E-state index is -0.785. The average molecular weight is 250 g/mol. The zero-order valence-corrected chi connectivity index (χ0v) is 11.9. The van der Waals surface area contributed by atoms with Crippen LogP contribution in [0.15, 0.2) is 0 Å². The Morgan fingerprint density at radius 3 is 2.06 bits per heavy atom. The molecule has 0 saturated carbocycles. The Morgan fingerprint density at radius 2 is 1.67 bits per heavy atom. The minimum Gasteiger partial charge on any atom is -0.481 e. The Kier molecular flexibility index (Phi) is 4.43. The predicted molar refractivity (Wildman–Crippen MR) is 70.6 cm³/mol. The van der Waals surface area contributed by atoms with Crippen LogP contribution in [0.3, 0.4) is 0 Å². The molecule has 100 valence electrons. The van der Waals surface area contributed by atoms with Crippen molar-refractivity contribution in [2.75, 3.05) is 0 Å². The highest BCUT2D eigenvalue weighted by molar-refractivity contribution is 5.67. The summed E-state index contributed by atoms with van der Waals surface area (Å²) < 4.78 is 0. The lowest BCUT2D eigenvalue weighted by atomic mass is 9.91. The van der Waals surface area contributed by atoms with E-state index < -0.39 is 5.97 Å². The maximum atomic E-state index is 10.6. The molecule has 0 aromatic carbocycles. The summed E-state index contributed by atoms with van der Waals surface area (Å²) in [6.45, 7) is 10.3. The quantitative estimate of drug-likeness (QED) is 0.892. The molecular formula is C14H22N2O2. The van der Waals surface area contributed by atoms with Crippen molar-refractivity contribution in [3.05, 3.63) is 22.8 Å². The van der Waals surface area contributed by atoms with Gasteiger partial charge in [-0.2, -0.15) is 0 Å². The van der Waals surface area contributed by atoms with Gasteiger partial charge in [-0.25, -0.2) is 9.97 Å². The number of carbonyl (C=O) groups is 1. The second-order valence-electron chi connectivity index (χ2n) is 5.92. The Morgan fingerprint density at radius 1 is 1.17 bits per heavy atom. The lowest BCUT2D eigenvalue weighted by Crippen LogP contribution is -2.14. The summed E-state index contributed by atoms with van der Waals surface area (Å²) in [5, 5.41) is 8.72. The molecule has 18 heavy (non-hydrogen) atoms. The first kappa shape index (κ1) is 14.6. The molecule has 0 fully saturated rings. The van der Waals surface area contributed by atoms with Crippen molar-refractivity contribution in [1.29, 1.82) is 0 Å². The van der Waals surface area contributed by atoms with Crippen LogP contribution < -0.4 is 0 Å². The zero-order chi connectivity index (χ0) is 13.9. The fourth-order valence-electron chi connectivity index (χ4n) is 1.96. The van der Waals surface area contributed by atoms with E-state index in [1.807, 2.05) is 13.8 Å². The first-order chi connectivity index (χ1) is 8.19. The third-order valence-corrected chi connectivity index (χ3v) is 2.74. The van der Waals surface area contributed by atoms with Gasteiger partial charge in [0, 0.05) is 24.2 Å². The van der Waals surface area contributed by atoms with Crippen LogP contribution in [0.25, 0.3) is 0 Å². The van der Waals surface area contributed by atoms with E-state index in [1.165, 1.54) is 0 Å². The highest BCUT2D eigenvalue weighted by Gasteiger charge is 2.16. The van der Waals surface area contributed by atoms with Gasteiger partial charge in [0.15, 0.2) is 0 Å². The second kappa shape index (κ2) is 5.46. The van der Waals surface area contributed by atoms with E-state index in [-0.39, 0.29) is 11.8 Å². The highest BCUT2D eigenvalue weighted by atomic mass is 16.4. The minimum absolute atomic E-state index is 0.129. The van der Waals surface area contributed by atoms with Gasteiger partial charge in [0.2, 0.25) is 0 Å². The van der Waals surface area contributed by atoms with Crippen LogP contribution in [0, 0.1) is 19.3 Å². The van der Waals surface area contributed by atoms with Crippen molar-refractivity contribution in [2.24, 2.45) is 5.41 Å². The van der Waals surface area contributed by atoms with Gasteiger partial charge >= 0.3 is 5.97 Å². The third kappa shape index (κ3) is 4.43. The molecule has 1 N–H and O–H groups in total. The number of carboxylic acid groups (broad SMARTS) is 1. The molecular weight excluding hydrogens is 228 g/mol. The van der Waals surface area contributed by atoms with Gasteiger partial charge in [-0.05, 0) is 31.2 Å². The molecule has 0 atom stereocenters. The zero-order valence-electron chi connectivity index (χ0n) is 11.9. The molecule has 4 heteroatoms. The lowest BCUT2D eigenvalue weighted by Gasteiger charge is -2.18. The second-order valence-corrected chi connectivity index (χ2v) is 5.92. The van der Waals surface area contributed by atoms with Crippen LogP contribution in [0.1, 0.15) is 50.0 Å². The maximum Gasteiger partial charge on any atom is 0.303 e. The molecule has 1 aromatic heterocycles. The summed E-state index contributed by atoms with van der Waals surface area (Å²) in [7, 11) is 0. The number of carboxylic acids is 1. The van der Waals surface area contributed by atoms with Gasteiger partial charge in [-0.15, -0.1) is 0 Å². The average Bonchev–Trinajstić information content (AvgIpc) is 2.12. The molecule has 0 aliphatic carbocycles. The molecule has 1 rings (SSSR count). The molecule has 0 amide bonds. The van der Waals surface area contributed by atoms with Crippen molar-refractivity contribution >= 4 is 5.97 Å². The summed E-state index contributed by atoms with van der Waals surface area (Å²) in [6.07, 6.45) is 1.46. The van der Waals surface area contributed by atoms with E-state index >= 15 is 0 Å². The Balaban J connectivity index is 2.94. The van der Waals surface area contributed by atoms with Crippen molar-refractivity contribution in [2.45, 2.75) is 53.9 Å². The van der Waals surface area contributed by atoms with Gasteiger partial charge in [-0.1, -0.05) is 20.8 Å². The van der Waals surface area contributed by atoms with E-state index in [9.17, 15) is 4.79 Å². The van der Waals surface area contributed by atoms with Crippen LogP contribution in [0.5, 0.6) is 0 Å². The largest absolute Gasteiger partial charge is 0.481 e. The number of aromatic nitrogens is 2. The van der Waals surface area contributed by atoms with E-state index in [2.05, 4.69) is 30.7 Å². The summed E-state index contributed by atoms with van der Waals surface area (Å²) in [5.74, 6) is 0.0594. The number of hydrogen-bond acceptors (Lipinski definition) is 3. The van der Waals surface area contributed by atoms with Crippen molar-refractivity contribution < 1.29 is 9.90 Å². The van der Waals surface area contributed by atoms with Crippen LogP contribution in [0.2, 0.25) is 0 Å². The molecule has 0 saturated heterocycles. The molecule has 0 unspecified atom stereocenters. The molecule has 1 aromatic rings. The monoisotopic (exact) mass is 250 g/mol. The van der Waals surface area contributed by atoms with Gasteiger partial charge in [0.05, 0.1) is 0 Å². The van der Waals surface area contributed by atoms with Crippen LogP contribution >= 0.6 is 0 Å². The molecule has 0 bridgehead atoms. The summed E-state index contributed by atoms with van der Waals surface area (Å²) in [4.78, 5) is 19.6. The van der Waals surface area contributed by atoms with Gasteiger partial charge < -0.3 is 5.11 Å². The van der Waals surface area contributed by atoms with Crippen molar-refractivity contribution in [3.63, 3.8) is 0 Å². The SMILES string of the molecule is Cc1nc(CC(C)(C)C)nc(C)c1CCC(=O)O. The standard InChI is InChI=1S/C14H22N2O2/c1-9-11(6-7-13(17)18)10(2)16-12(15-9)8-14(3,4)5/h6-8H2,1-5H3,(H,17,18). The smallest absolute Gasteiger partial charge is 0.303 e. The molecule has 4 nitrogen and oxygen atoms in total. The third-order valence-electron chi connectivity index (χ3n) is 2.74. The summed E-state index contributed by atoms with van der Waals surface area (Å²) >= 11 is 0. The van der Waals surface area contributed by atoms with Crippen molar-refractivity contribution in [3.8, 4) is 0 Å². The number of hydrogen-bond donors (Lipinski definition) is 1. The van der Waals surface area contributed by atoms with Gasteiger partial charge in [0.1, 0.15) is 5.82 Å². The van der Waals surface area contributed by atoms with E-state index in [0.717, 1.165) is 29.2 Å². The molecule has 0 spiro atoms. The van der Waals surface area contributed by atoms with E-state index in [4.69, 9.17) is 5.11 Å². The Bertz CT molecular complexity index is 425. The summed E-state index contributed by atoms with van der Waals surface area (Å²) in [6, 6.07) is 0. The number of aryl methyl sites for hydroxylation is 2. The lowest BCUT2D eigenvalue weighted by molar-refractivity contribution is -0.136. The van der Waals surface area contributed by atoms with E-state index in [0.29, 0.717) is 6.42 Å². The number of nitrogens with zero attached hydrogens (tertiary/aromatic N) is 2. The van der Waals surface area contributed by atoms with Gasteiger partial charge in [0.25, 0.3) is 0 Å². The number of aliphatic carboxylic acids is 1. The Labute approximate surface area is 108 Å². The normalized spacial score (nSPS) is 11.6. The fourth-order valence-corrected chi connectivity index (χ4v) is 1.96. The number of rotatable bonds is 4. The van der Waals surface area contributed by atoms with Gasteiger partial charge in [-0.3, -0.25) is 4.79 Å². The highest BCUT2D eigenvalue weighted by Crippen LogP contribution is 2.20. The Hall–Kier alpha value is -1.45. The topological polar surface area (TPSA) is 63.1 Å². The summed E-state index contributed by atoms with van der Waals surface area (Å²) in [5.41, 5.74) is 2.93. The van der Waals surface area contributed by atoms with Crippen LogP contribution in [-0.4, -0.2) is 21.0 Å². The molecule has 0 radical (unpaired) electrons. The fraction of sp³-hybridized carbons (Fsp3) is 0.643. The molecule has 0 aliphatic rings. The first-order valence-electron chi connectivity index (χ1n) is 6.24. The van der Waals surface area contributed by atoms with Crippen LogP contribution in [0.4, 0.5) is 0 Å². The van der Waals surface area contributed by atoms with Crippen molar-refractivity contribution in [1.82, 2.24) is 9.97 Å². The van der Waals surface area contributed by atoms with E-state index in [1.54, 1.807) is 0 Å². The molecule has 1 heterocycles. The first-order valence-corrected chi connectivity index (χ1v) is 6.24. The van der Waals surface area contributed by atoms with Crippen LogP contribution in [-0.2, 0) is 17.6 Å². The molecule has 0 aliphatic heterocycles.